The third-order valence-electron chi connectivity index (χ3n) is 4.25. The minimum atomic E-state index is 0.0966. The van der Waals surface area contributed by atoms with E-state index in [-0.39, 0.29) is 12.0 Å². The molecular weight excluding hydrogens is 318 g/mol. The number of ether oxygens (including phenoxy) is 2. The minimum Gasteiger partial charge on any atom is -0.497 e. The fraction of sp³-hybridized carbons (Fsp3) is 0.632. The highest BCUT2D eigenvalue weighted by molar-refractivity contribution is 5.78. The summed E-state index contributed by atoms with van der Waals surface area (Å²) in [5, 5.41) is 2.97. The zero-order valence-electron chi connectivity index (χ0n) is 15.7. The van der Waals surface area contributed by atoms with Gasteiger partial charge in [0.1, 0.15) is 5.75 Å². The normalized spacial score (nSPS) is 15.4. The molecule has 6 heteroatoms. The zero-order chi connectivity index (χ0) is 18.1. The Balaban J connectivity index is 1.65. The maximum absolute atomic E-state index is 12.0. The maximum atomic E-state index is 12.0. The number of nitrogens with zero attached hydrogens (tertiary/aromatic N) is 2. The van der Waals surface area contributed by atoms with Gasteiger partial charge in [-0.1, -0.05) is 6.07 Å². The van der Waals surface area contributed by atoms with Gasteiger partial charge in [0.15, 0.2) is 0 Å². The molecule has 1 aromatic rings. The van der Waals surface area contributed by atoms with Crippen LogP contribution in [0.5, 0.6) is 5.75 Å². The van der Waals surface area contributed by atoms with Crippen molar-refractivity contribution in [1.29, 1.82) is 0 Å². The van der Waals surface area contributed by atoms with Gasteiger partial charge in [-0.15, -0.1) is 0 Å². The summed E-state index contributed by atoms with van der Waals surface area (Å²) in [5.74, 6) is 0.972. The molecule has 1 amide bonds. The highest BCUT2D eigenvalue weighted by Crippen LogP contribution is 2.21. The number of carbonyl (C=O) groups excluding carboxylic acids is 1. The Labute approximate surface area is 151 Å². The van der Waals surface area contributed by atoms with Crippen molar-refractivity contribution in [3.05, 3.63) is 24.3 Å². The van der Waals surface area contributed by atoms with E-state index in [1.807, 2.05) is 26.0 Å². The first-order valence-electron chi connectivity index (χ1n) is 9.08. The van der Waals surface area contributed by atoms with Crippen molar-refractivity contribution in [3.8, 4) is 5.75 Å². The van der Waals surface area contributed by atoms with Crippen molar-refractivity contribution in [2.45, 2.75) is 26.4 Å². The molecule has 0 aliphatic carbocycles. The van der Waals surface area contributed by atoms with Crippen LogP contribution in [0.1, 0.15) is 20.3 Å². The average molecular weight is 349 g/mol. The molecule has 1 saturated heterocycles. The summed E-state index contributed by atoms with van der Waals surface area (Å²) in [6, 6.07) is 8.12. The lowest BCUT2D eigenvalue weighted by molar-refractivity contribution is -0.122. The van der Waals surface area contributed by atoms with Crippen LogP contribution in [0.2, 0.25) is 0 Å². The van der Waals surface area contributed by atoms with Crippen LogP contribution in [0.15, 0.2) is 24.3 Å². The van der Waals surface area contributed by atoms with Gasteiger partial charge in [0.25, 0.3) is 0 Å². The lowest BCUT2D eigenvalue weighted by Gasteiger charge is -2.35. The number of amides is 1. The Kier molecular flexibility index (Phi) is 8.01. The van der Waals surface area contributed by atoms with Crippen LogP contribution < -0.4 is 15.0 Å². The minimum absolute atomic E-state index is 0.0966. The average Bonchev–Trinajstić information content (AvgIpc) is 2.62. The van der Waals surface area contributed by atoms with Gasteiger partial charge >= 0.3 is 0 Å². The summed E-state index contributed by atoms with van der Waals surface area (Å²) in [6.07, 6.45) is 1.10. The van der Waals surface area contributed by atoms with Gasteiger partial charge in [-0.25, -0.2) is 0 Å². The van der Waals surface area contributed by atoms with E-state index >= 15 is 0 Å². The third-order valence-corrected chi connectivity index (χ3v) is 4.25. The number of methoxy groups -OCH3 is 1. The Morgan fingerprint density at radius 2 is 2.00 bits per heavy atom. The molecule has 1 heterocycles. The molecule has 0 atom stereocenters. The molecule has 2 rings (SSSR count). The number of benzene rings is 1. The fourth-order valence-electron chi connectivity index (χ4n) is 2.85. The van der Waals surface area contributed by atoms with E-state index in [0.717, 1.165) is 38.3 Å². The summed E-state index contributed by atoms with van der Waals surface area (Å²) in [6.45, 7) is 9.49. The van der Waals surface area contributed by atoms with Crippen molar-refractivity contribution in [2.24, 2.45) is 0 Å². The van der Waals surface area contributed by atoms with Crippen LogP contribution >= 0.6 is 0 Å². The molecule has 6 nitrogen and oxygen atoms in total. The molecular formula is C19H31N3O3. The van der Waals surface area contributed by atoms with Gasteiger partial charge < -0.3 is 19.7 Å². The van der Waals surface area contributed by atoms with E-state index in [0.29, 0.717) is 19.7 Å². The largest absolute Gasteiger partial charge is 0.497 e. The molecule has 1 aromatic carbocycles. The number of rotatable bonds is 9. The second kappa shape index (κ2) is 10.3. The third kappa shape index (κ3) is 6.92. The van der Waals surface area contributed by atoms with E-state index in [1.165, 1.54) is 5.69 Å². The van der Waals surface area contributed by atoms with E-state index in [4.69, 9.17) is 9.47 Å². The van der Waals surface area contributed by atoms with Crippen LogP contribution in [-0.2, 0) is 9.53 Å². The molecule has 1 aliphatic heterocycles. The Morgan fingerprint density at radius 1 is 1.24 bits per heavy atom. The SMILES string of the molecule is COc1cccc(N2CCN(CC(=O)NCCCOC(C)C)CC2)c1. The van der Waals surface area contributed by atoms with Gasteiger partial charge in [0.2, 0.25) is 5.91 Å². The van der Waals surface area contributed by atoms with Crippen molar-refractivity contribution in [1.82, 2.24) is 10.2 Å². The Hall–Kier alpha value is -1.79. The fourth-order valence-corrected chi connectivity index (χ4v) is 2.85. The van der Waals surface area contributed by atoms with Crippen LogP contribution in [-0.4, -0.2) is 69.9 Å². The Morgan fingerprint density at radius 3 is 2.68 bits per heavy atom. The predicted octanol–water partition coefficient (Wildman–Crippen LogP) is 1.75. The van der Waals surface area contributed by atoms with Crippen LogP contribution in [0.4, 0.5) is 5.69 Å². The molecule has 0 unspecified atom stereocenters. The van der Waals surface area contributed by atoms with E-state index in [1.54, 1.807) is 7.11 Å². The van der Waals surface area contributed by atoms with Crippen LogP contribution in [0.3, 0.4) is 0 Å². The summed E-state index contributed by atoms with van der Waals surface area (Å²) < 4.78 is 10.8. The maximum Gasteiger partial charge on any atom is 0.234 e. The highest BCUT2D eigenvalue weighted by atomic mass is 16.5. The topological polar surface area (TPSA) is 54.0 Å². The molecule has 25 heavy (non-hydrogen) atoms. The second-order valence-electron chi connectivity index (χ2n) is 6.59. The lowest BCUT2D eigenvalue weighted by Crippen LogP contribution is -2.49. The first-order chi connectivity index (χ1) is 12.1. The quantitative estimate of drug-likeness (QED) is 0.689. The lowest BCUT2D eigenvalue weighted by atomic mass is 10.2. The smallest absolute Gasteiger partial charge is 0.234 e. The van der Waals surface area contributed by atoms with Crippen molar-refractivity contribution < 1.29 is 14.3 Å². The molecule has 1 aliphatic rings. The standard InChI is InChI=1S/C19H31N3O3/c1-16(2)25-13-5-8-20-19(23)15-21-9-11-22(12-10-21)17-6-4-7-18(14-17)24-3/h4,6-7,14,16H,5,8-13,15H2,1-3H3,(H,20,23). The molecule has 0 bridgehead atoms. The van der Waals surface area contributed by atoms with Crippen molar-refractivity contribution >= 4 is 11.6 Å². The molecule has 0 aromatic heterocycles. The van der Waals surface area contributed by atoms with E-state index in [2.05, 4.69) is 27.2 Å². The van der Waals surface area contributed by atoms with Crippen LogP contribution in [0, 0.1) is 0 Å². The van der Waals surface area contributed by atoms with Crippen molar-refractivity contribution in [2.75, 3.05) is 57.9 Å². The molecule has 0 radical (unpaired) electrons. The molecule has 140 valence electrons. The van der Waals surface area contributed by atoms with Gasteiger partial charge in [0.05, 0.1) is 19.8 Å². The number of hydrogen-bond donors (Lipinski definition) is 1. The molecule has 1 N–H and O–H groups in total. The Bertz CT molecular complexity index is 528. The number of piperazine rings is 1. The predicted molar refractivity (Wildman–Crippen MR) is 100 cm³/mol. The first-order valence-corrected chi connectivity index (χ1v) is 9.08. The number of nitrogens with one attached hydrogen (secondary N) is 1. The van der Waals surface area contributed by atoms with Crippen molar-refractivity contribution in [3.63, 3.8) is 0 Å². The number of anilines is 1. The van der Waals surface area contributed by atoms with Gasteiger partial charge in [0, 0.05) is 51.1 Å². The molecule has 0 saturated carbocycles. The zero-order valence-corrected chi connectivity index (χ0v) is 15.7. The summed E-state index contributed by atoms with van der Waals surface area (Å²) in [5.41, 5.74) is 1.17. The number of carbonyl (C=O) groups is 1. The van der Waals surface area contributed by atoms with E-state index < -0.39 is 0 Å². The van der Waals surface area contributed by atoms with E-state index in [9.17, 15) is 4.79 Å². The summed E-state index contributed by atoms with van der Waals surface area (Å²) in [4.78, 5) is 16.6. The molecule has 0 spiro atoms. The second-order valence-corrected chi connectivity index (χ2v) is 6.59. The summed E-state index contributed by atoms with van der Waals surface area (Å²) >= 11 is 0. The van der Waals surface area contributed by atoms with Gasteiger partial charge in [-0.3, -0.25) is 9.69 Å². The molecule has 1 fully saturated rings. The summed E-state index contributed by atoms with van der Waals surface area (Å²) in [7, 11) is 1.69. The van der Waals surface area contributed by atoms with Crippen LogP contribution in [0.25, 0.3) is 0 Å². The first kappa shape index (κ1) is 19.5. The number of hydrogen-bond acceptors (Lipinski definition) is 5. The monoisotopic (exact) mass is 349 g/mol. The van der Waals surface area contributed by atoms with Gasteiger partial charge in [-0.2, -0.15) is 0 Å². The highest BCUT2D eigenvalue weighted by Gasteiger charge is 2.19. The van der Waals surface area contributed by atoms with Gasteiger partial charge in [-0.05, 0) is 32.4 Å².